The maximum atomic E-state index is 9.71. The molecule has 2 heterocycles. The summed E-state index contributed by atoms with van der Waals surface area (Å²) < 4.78 is 5.52. The van der Waals surface area contributed by atoms with Gasteiger partial charge in [-0.3, -0.25) is 5.10 Å². The normalized spacial score (nSPS) is 19.6. The van der Waals surface area contributed by atoms with E-state index in [1.165, 1.54) is 0 Å². The minimum atomic E-state index is 0.0158. The SMILES string of the molecule is Oc1ccccc1-c1n[nH]c([C@@H]2CCCO2)n1. The van der Waals surface area contributed by atoms with Crippen LogP contribution in [0.2, 0.25) is 0 Å². The second kappa shape index (κ2) is 4.18. The molecule has 1 saturated heterocycles. The van der Waals surface area contributed by atoms with Gasteiger partial charge < -0.3 is 9.84 Å². The summed E-state index contributed by atoms with van der Waals surface area (Å²) in [7, 11) is 0. The molecule has 1 aliphatic heterocycles. The predicted octanol–water partition coefficient (Wildman–Crippen LogP) is 2.03. The van der Waals surface area contributed by atoms with Crippen LogP contribution >= 0.6 is 0 Å². The third-order valence-corrected chi connectivity index (χ3v) is 2.88. The van der Waals surface area contributed by atoms with Gasteiger partial charge in [-0.25, -0.2) is 4.98 Å². The number of rotatable bonds is 2. The van der Waals surface area contributed by atoms with E-state index in [0.717, 1.165) is 25.3 Å². The summed E-state index contributed by atoms with van der Waals surface area (Å²) in [5.74, 6) is 1.43. The molecule has 0 aliphatic carbocycles. The van der Waals surface area contributed by atoms with Crippen LogP contribution in [-0.4, -0.2) is 26.9 Å². The zero-order valence-electron chi connectivity index (χ0n) is 9.26. The first-order valence-electron chi connectivity index (χ1n) is 5.67. The van der Waals surface area contributed by atoms with Crippen molar-refractivity contribution in [3.05, 3.63) is 30.1 Å². The van der Waals surface area contributed by atoms with Crippen LogP contribution in [0.25, 0.3) is 11.4 Å². The van der Waals surface area contributed by atoms with Crippen molar-refractivity contribution in [1.29, 1.82) is 0 Å². The standard InChI is InChI=1S/C12H13N3O2/c16-9-5-2-1-4-8(9)11-13-12(15-14-11)10-6-3-7-17-10/h1-2,4-5,10,16H,3,6-7H2,(H,13,14,15)/t10-/m0/s1. The van der Waals surface area contributed by atoms with Gasteiger partial charge in [0.2, 0.25) is 0 Å². The van der Waals surface area contributed by atoms with E-state index >= 15 is 0 Å². The molecular formula is C12H13N3O2. The quantitative estimate of drug-likeness (QED) is 0.829. The third-order valence-electron chi connectivity index (χ3n) is 2.88. The van der Waals surface area contributed by atoms with Gasteiger partial charge in [0.05, 0.1) is 5.56 Å². The number of aromatic hydroxyl groups is 1. The maximum absolute atomic E-state index is 9.71. The van der Waals surface area contributed by atoms with Crippen molar-refractivity contribution in [3.63, 3.8) is 0 Å². The fourth-order valence-corrected chi connectivity index (χ4v) is 1.99. The van der Waals surface area contributed by atoms with Gasteiger partial charge in [-0.05, 0) is 25.0 Å². The van der Waals surface area contributed by atoms with E-state index in [4.69, 9.17) is 4.74 Å². The first-order valence-corrected chi connectivity index (χ1v) is 5.67. The van der Waals surface area contributed by atoms with Crippen LogP contribution in [0.1, 0.15) is 24.8 Å². The van der Waals surface area contributed by atoms with E-state index in [1.807, 2.05) is 6.07 Å². The van der Waals surface area contributed by atoms with E-state index < -0.39 is 0 Å². The van der Waals surface area contributed by atoms with Gasteiger partial charge in [0.15, 0.2) is 11.6 Å². The van der Waals surface area contributed by atoms with Crippen LogP contribution in [0, 0.1) is 0 Å². The number of aromatic amines is 1. The van der Waals surface area contributed by atoms with E-state index in [1.54, 1.807) is 18.2 Å². The highest BCUT2D eigenvalue weighted by Gasteiger charge is 2.22. The number of ether oxygens (including phenoxy) is 1. The molecule has 88 valence electrons. The van der Waals surface area contributed by atoms with Gasteiger partial charge in [-0.15, -0.1) is 0 Å². The number of hydrogen-bond acceptors (Lipinski definition) is 4. The topological polar surface area (TPSA) is 71.0 Å². The molecule has 0 spiro atoms. The molecule has 0 radical (unpaired) electrons. The molecule has 1 aliphatic rings. The highest BCUT2D eigenvalue weighted by molar-refractivity contribution is 5.62. The average Bonchev–Trinajstić information content (AvgIpc) is 3.00. The Morgan fingerprint density at radius 3 is 3.00 bits per heavy atom. The second-order valence-electron chi connectivity index (χ2n) is 4.06. The van der Waals surface area contributed by atoms with Crippen molar-refractivity contribution in [3.8, 4) is 17.1 Å². The zero-order valence-corrected chi connectivity index (χ0v) is 9.26. The number of phenols is 1. The third kappa shape index (κ3) is 1.89. The minimum Gasteiger partial charge on any atom is -0.507 e. The van der Waals surface area contributed by atoms with Gasteiger partial charge in [0, 0.05) is 6.61 Å². The molecule has 1 aromatic heterocycles. The van der Waals surface area contributed by atoms with Crippen molar-refractivity contribution in [2.75, 3.05) is 6.61 Å². The molecule has 2 N–H and O–H groups in total. The summed E-state index contributed by atoms with van der Waals surface area (Å²) in [6.45, 7) is 0.775. The molecule has 1 atom stereocenters. The second-order valence-corrected chi connectivity index (χ2v) is 4.06. The van der Waals surface area contributed by atoms with E-state index in [-0.39, 0.29) is 11.9 Å². The first-order chi connectivity index (χ1) is 8.34. The Bertz CT molecular complexity index is 518. The lowest BCUT2D eigenvalue weighted by Crippen LogP contribution is -1.97. The smallest absolute Gasteiger partial charge is 0.184 e. The van der Waals surface area contributed by atoms with Crippen molar-refractivity contribution in [2.24, 2.45) is 0 Å². The van der Waals surface area contributed by atoms with Gasteiger partial charge >= 0.3 is 0 Å². The van der Waals surface area contributed by atoms with Crippen LogP contribution in [0.3, 0.4) is 0 Å². The zero-order chi connectivity index (χ0) is 11.7. The summed E-state index contributed by atoms with van der Waals surface area (Å²) in [5, 5.41) is 16.7. The Kier molecular flexibility index (Phi) is 2.53. The van der Waals surface area contributed by atoms with E-state index in [9.17, 15) is 5.11 Å². The molecule has 2 aromatic rings. The molecule has 5 nitrogen and oxygen atoms in total. The Hall–Kier alpha value is -1.88. The van der Waals surface area contributed by atoms with Crippen LogP contribution in [0.15, 0.2) is 24.3 Å². The first kappa shape index (κ1) is 10.3. The molecule has 5 heteroatoms. The van der Waals surface area contributed by atoms with E-state index in [0.29, 0.717) is 11.4 Å². The summed E-state index contributed by atoms with van der Waals surface area (Å²) >= 11 is 0. The number of H-pyrrole nitrogens is 1. The number of phenolic OH excluding ortho intramolecular Hbond substituents is 1. The molecule has 1 aromatic carbocycles. The Morgan fingerprint density at radius 2 is 2.24 bits per heavy atom. The lowest BCUT2D eigenvalue weighted by Gasteiger charge is -2.03. The number of benzene rings is 1. The Labute approximate surface area is 98.5 Å². The number of hydrogen-bond donors (Lipinski definition) is 2. The number of para-hydroxylation sites is 1. The fraction of sp³-hybridized carbons (Fsp3) is 0.333. The van der Waals surface area contributed by atoms with Gasteiger partial charge in [-0.1, -0.05) is 12.1 Å². The fourth-order valence-electron chi connectivity index (χ4n) is 1.99. The number of nitrogens with zero attached hydrogens (tertiary/aromatic N) is 2. The molecule has 0 unspecified atom stereocenters. The van der Waals surface area contributed by atoms with Crippen LogP contribution in [-0.2, 0) is 4.74 Å². The van der Waals surface area contributed by atoms with Crippen LogP contribution in [0.5, 0.6) is 5.75 Å². The van der Waals surface area contributed by atoms with Crippen molar-refractivity contribution < 1.29 is 9.84 Å². The average molecular weight is 231 g/mol. The highest BCUT2D eigenvalue weighted by atomic mass is 16.5. The summed E-state index contributed by atoms with van der Waals surface area (Å²) in [6, 6.07) is 7.03. The largest absolute Gasteiger partial charge is 0.507 e. The highest BCUT2D eigenvalue weighted by Crippen LogP contribution is 2.29. The summed E-state index contributed by atoms with van der Waals surface area (Å²) in [4.78, 5) is 4.37. The molecule has 17 heavy (non-hydrogen) atoms. The van der Waals surface area contributed by atoms with Gasteiger partial charge in [0.1, 0.15) is 11.9 Å². The molecule has 0 amide bonds. The summed E-state index contributed by atoms with van der Waals surface area (Å²) in [5.41, 5.74) is 0.632. The monoisotopic (exact) mass is 231 g/mol. The minimum absolute atomic E-state index is 0.0158. The van der Waals surface area contributed by atoms with Gasteiger partial charge in [-0.2, -0.15) is 5.10 Å². The summed E-state index contributed by atoms with van der Waals surface area (Å²) in [6.07, 6.45) is 2.04. The van der Waals surface area contributed by atoms with Gasteiger partial charge in [0.25, 0.3) is 0 Å². The van der Waals surface area contributed by atoms with Crippen LogP contribution in [0.4, 0.5) is 0 Å². The van der Waals surface area contributed by atoms with E-state index in [2.05, 4.69) is 15.2 Å². The lowest BCUT2D eigenvalue weighted by molar-refractivity contribution is 0.105. The lowest BCUT2D eigenvalue weighted by atomic mass is 10.2. The molecule has 0 bridgehead atoms. The Morgan fingerprint density at radius 1 is 1.35 bits per heavy atom. The van der Waals surface area contributed by atoms with Crippen molar-refractivity contribution in [1.82, 2.24) is 15.2 Å². The molecular weight excluding hydrogens is 218 g/mol. The van der Waals surface area contributed by atoms with Crippen molar-refractivity contribution in [2.45, 2.75) is 18.9 Å². The van der Waals surface area contributed by atoms with Crippen LogP contribution < -0.4 is 0 Å². The predicted molar refractivity (Wildman–Crippen MR) is 61.4 cm³/mol. The molecule has 0 saturated carbocycles. The molecule has 1 fully saturated rings. The molecule has 3 rings (SSSR count). The number of aromatic nitrogens is 3. The maximum Gasteiger partial charge on any atom is 0.184 e. The number of nitrogens with one attached hydrogen (secondary N) is 1. The Balaban J connectivity index is 1.92. The van der Waals surface area contributed by atoms with Crippen molar-refractivity contribution >= 4 is 0 Å².